The van der Waals surface area contributed by atoms with Crippen molar-refractivity contribution in [3.05, 3.63) is 23.8 Å². The molecular weight excluding hydrogens is 274 g/mol. The topological polar surface area (TPSA) is 124 Å². The van der Waals surface area contributed by atoms with Crippen LogP contribution in [0.3, 0.4) is 0 Å². The Bertz CT molecular complexity index is 608. The lowest BCUT2D eigenvalue weighted by atomic mass is 10.2. The molecule has 0 saturated carbocycles. The van der Waals surface area contributed by atoms with Crippen LogP contribution >= 0.6 is 0 Å². The minimum atomic E-state index is -3.76. The zero-order chi connectivity index (χ0) is 14.6. The van der Waals surface area contributed by atoms with Gasteiger partial charge in [0.15, 0.2) is 9.84 Å². The number of amides is 1. The summed E-state index contributed by atoms with van der Waals surface area (Å²) < 4.78 is 28.6. The summed E-state index contributed by atoms with van der Waals surface area (Å²) in [5.41, 5.74) is 4.62. The molecule has 0 fully saturated rings. The molecule has 0 bridgehead atoms. The fourth-order valence-corrected chi connectivity index (χ4v) is 2.68. The number of carboxylic acids is 1. The van der Waals surface area contributed by atoms with Crippen LogP contribution in [0.5, 0.6) is 5.75 Å². The average Bonchev–Trinajstić information content (AvgIpc) is 2.35. The van der Waals surface area contributed by atoms with E-state index >= 15 is 0 Å². The van der Waals surface area contributed by atoms with Gasteiger partial charge in [-0.15, -0.1) is 0 Å². The van der Waals surface area contributed by atoms with Crippen molar-refractivity contribution in [3.8, 4) is 5.75 Å². The third-order valence-corrected chi connectivity index (χ3v) is 4.09. The van der Waals surface area contributed by atoms with Crippen LogP contribution in [0.2, 0.25) is 0 Å². The number of primary amides is 1. The smallest absolute Gasteiger partial charge is 0.339 e. The molecule has 0 aliphatic heterocycles. The molecule has 0 aliphatic rings. The average molecular weight is 287 g/mol. The molecule has 104 valence electrons. The molecule has 1 aromatic rings. The van der Waals surface area contributed by atoms with Crippen LogP contribution in [-0.4, -0.2) is 38.3 Å². The van der Waals surface area contributed by atoms with E-state index in [0.717, 1.165) is 6.07 Å². The second kappa shape index (κ2) is 5.70. The van der Waals surface area contributed by atoms with Crippen LogP contribution in [0.1, 0.15) is 16.8 Å². The first-order valence-corrected chi connectivity index (χ1v) is 6.85. The zero-order valence-electron chi connectivity index (χ0n) is 10.1. The number of hydrogen-bond acceptors (Lipinski definition) is 5. The Morgan fingerprint density at radius 2 is 2.00 bits per heavy atom. The van der Waals surface area contributed by atoms with Crippen LogP contribution in [0.4, 0.5) is 0 Å². The van der Waals surface area contributed by atoms with Gasteiger partial charge in [0.2, 0.25) is 5.91 Å². The van der Waals surface area contributed by atoms with Crippen molar-refractivity contribution in [2.75, 3.05) is 12.9 Å². The third-order valence-electron chi connectivity index (χ3n) is 2.38. The number of carbonyl (C=O) groups is 2. The molecule has 0 atom stereocenters. The van der Waals surface area contributed by atoms with Gasteiger partial charge in [0.1, 0.15) is 11.3 Å². The van der Waals surface area contributed by atoms with Gasteiger partial charge in [0, 0.05) is 6.42 Å². The van der Waals surface area contributed by atoms with Gasteiger partial charge in [0.05, 0.1) is 17.8 Å². The molecule has 0 aromatic heterocycles. The van der Waals surface area contributed by atoms with Gasteiger partial charge >= 0.3 is 5.97 Å². The fraction of sp³-hybridized carbons (Fsp3) is 0.273. The quantitative estimate of drug-likeness (QED) is 0.761. The van der Waals surface area contributed by atoms with Gasteiger partial charge in [0.25, 0.3) is 0 Å². The highest BCUT2D eigenvalue weighted by Gasteiger charge is 2.20. The van der Waals surface area contributed by atoms with Gasteiger partial charge in [-0.3, -0.25) is 4.79 Å². The summed E-state index contributed by atoms with van der Waals surface area (Å²) in [6.45, 7) is 0. The lowest BCUT2D eigenvalue weighted by Gasteiger charge is -2.08. The first-order chi connectivity index (χ1) is 8.77. The zero-order valence-corrected chi connectivity index (χ0v) is 10.9. The van der Waals surface area contributed by atoms with Gasteiger partial charge in [-0.2, -0.15) is 0 Å². The highest BCUT2D eigenvalue weighted by molar-refractivity contribution is 7.91. The summed E-state index contributed by atoms with van der Waals surface area (Å²) in [4.78, 5) is 21.4. The van der Waals surface area contributed by atoms with Gasteiger partial charge in [-0.25, -0.2) is 13.2 Å². The van der Waals surface area contributed by atoms with E-state index < -0.39 is 27.5 Å². The van der Waals surface area contributed by atoms with Crippen molar-refractivity contribution in [2.45, 2.75) is 11.3 Å². The Morgan fingerprint density at radius 3 is 2.47 bits per heavy atom. The number of hydrogen-bond donors (Lipinski definition) is 2. The van der Waals surface area contributed by atoms with Gasteiger partial charge in [-0.05, 0) is 18.2 Å². The largest absolute Gasteiger partial charge is 0.496 e. The summed E-state index contributed by atoms with van der Waals surface area (Å²) in [5.74, 6) is -2.45. The first kappa shape index (κ1) is 15.0. The molecule has 1 amide bonds. The standard InChI is InChI=1S/C11H13NO6S/c1-18-9-3-2-7(6-8(9)11(14)15)19(16,17)5-4-10(12)13/h2-3,6H,4-5H2,1H3,(H2,12,13)(H,14,15). The molecule has 3 N–H and O–H groups in total. The number of ether oxygens (including phenoxy) is 1. The number of sulfone groups is 1. The normalized spacial score (nSPS) is 11.0. The highest BCUT2D eigenvalue weighted by Crippen LogP contribution is 2.23. The van der Waals surface area contributed by atoms with Crippen LogP contribution < -0.4 is 10.5 Å². The number of methoxy groups -OCH3 is 1. The monoisotopic (exact) mass is 287 g/mol. The molecule has 1 aromatic carbocycles. The van der Waals surface area contributed by atoms with E-state index in [4.69, 9.17) is 15.6 Å². The van der Waals surface area contributed by atoms with Gasteiger partial charge in [-0.1, -0.05) is 0 Å². The first-order valence-electron chi connectivity index (χ1n) is 5.20. The number of nitrogens with two attached hydrogens (primary N) is 1. The predicted octanol–water partition coefficient (Wildman–Crippen LogP) is 0.0425. The van der Waals surface area contributed by atoms with Crippen molar-refractivity contribution >= 4 is 21.7 Å². The summed E-state index contributed by atoms with van der Waals surface area (Å²) in [6, 6.07) is 3.47. The second-order valence-corrected chi connectivity index (χ2v) is 5.81. The van der Waals surface area contributed by atoms with E-state index in [1.807, 2.05) is 0 Å². The number of aromatic carboxylic acids is 1. The summed E-state index contributed by atoms with van der Waals surface area (Å²) >= 11 is 0. The third kappa shape index (κ3) is 3.68. The van der Waals surface area contributed by atoms with E-state index in [9.17, 15) is 18.0 Å². The van der Waals surface area contributed by atoms with Crippen molar-refractivity contribution in [3.63, 3.8) is 0 Å². The van der Waals surface area contributed by atoms with E-state index in [0.29, 0.717) is 0 Å². The molecule has 8 heteroatoms. The molecule has 0 heterocycles. The SMILES string of the molecule is COc1ccc(S(=O)(=O)CCC(N)=O)cc1C(=O)O. The number of rotatable bonds is 6. The maximum absolute atomic E-state index is 11.9. The Morgan fingerprint density at radius 1 is 1.37 bits per heavy atom. The van der Waals surface area contributed by atoms with Crippen LogP contribution in [0.25, 0.3) is 0 Å². The second-order valence-electron chi connectivity index (χ2n) is 3.70. The summed E-state index contributed by atoms with van der Waals surface area (Å²) in [7, 11) is -2.48. The molecule has 0 spiro atoms. The molecule has 0 unspecified atom stereocenters. The molecular formula is C11H13NO6S. The molecule has 0 radical (unpaired) electrons. The highest BCUT2D eigenvalue weighted by atomic mass is 32.2. The van der Waals surface area contributed by atoms with Crippen molar-refractivity contribution < 1.29 is 27.9 Å². The lowest BCUT2D eigenvalue weighted by molar-refractivity contribution is -0.117. The maximum atomic E-state index is 11.9. The predicted molar refractivity (Wildman–Crippen MR) is 65.8 cm³/mol. The Balaban J connectivity index is 3.18. The number of benzene rings is 1. The summed E-state index contributed by atoms with van der Waals surface area (Å²) in [6.07, 6.45) is -0.323. The van der Waals surface area contributed by atoms with E-state index in [1.54, 1.807) is 0 Å². The van der Waals surface area contributed by atoms with E-state index in [1.165, 1.54) is 19.2 Å². The summed E-state index contributed by atoms with van der Waals surface area (Å²) in [5, 5.41) is 8.96. The van der Waals surface area contributed by atoms with Crippen LogP contribution in [0, 0.1) is 0 Å². The molecule has 7 nitrogen and oxygen atoms in total. The van der Waals surface area contributed by atoms with Crippen molar-refractivity contribution in [1.29, 1.82) is 0 Å². The van der Waals surface area contributed by atoms with E-state index in [2.05, 4.69) is 0 Å². The lowest BCUT2D eigenvalue weighted by Crippen LogP contribution is -2.17. The molecule has 0 saturated heterocycles. The minimum Gasteiger partial charge on any atom is -0.496 e. The molecule has 19 heavy (non-hydrogen) atoms. The van der Waals surface area contributed by atoms with Crippen molar-refractivity contribution in [2.24, 2.45) is 5.73 Å². The maximum Gasteiger partial charge on any atom is 0.339 e. The Labute approximate surface area is 109 Å². The van der Waals surface area contributed by atoms with Gasteiger partial charge < -0.3 is 15.6 Å². The Kier molecular flexibility index (Phi) is 4.49. The molecule has 1 rings (SSSR count). The fourth-order valence-electron chi connectivity index (χ4n) is 1.40. The van der Waals surface area contributed by atoms with Crippen LogP contribution in [0.15, 0.2) is 23.1 Å². The molecule has 0 aliphatic carbocycles. The minimum absolute atomic E-state index is 0.0568. The Hall–Kier alpha value is -2.09. The van der Waals surface area contributed by atoms with Crippen LogP contribution in [-0.2, 0) is 14.6 Å². The van der Waals surface area contributed by atoms with Crippen molar-refractivity contribution in [1.82, 2.24) is 0 Å². The number of carboxylic acid groups (broad SMARTS) is 1. The van der Waals surface area contributed by atoms with E-state index in [-0.39, 0.29) is 22.6 Å². The number of carbonyl (C=O) groups excluding carboxylic acids is 1.